The predicted octanol–water partition coefficient (Wildman–Crippen LogP) is 8.02. The maximum Gasteiger partial charge on any atom is 0.0541 e. The number of benzene rings is 5. The molecule has 0 bridgehead atoms. The summed E-state index contributed by atoms with van der Waals surface area (Å²) < 4.78 is 2.39. The van der Waals surface area contributed by atoms with Crippen LogP contribution in [-0.4, -0.2) is 4.57 Å². The van der Waals surface area contributed by atoms with Crippen molar-refractivity contribution in [3.05, 3.63) is 126 Å². The first-order chi connectivity index (χ1) is 15.9. The summed E-state index contributed by atoms with van der Waals surface area (Å²) in [7, 11) is 0. The number of para-hydroxylation sites is 2. The van der Waals surface area contributed by atoms with Gasteiger partial charge in [-0.15, -0.1) is 0 Å². The molecule has 1 aliphatic carbocycles. The molecule has 32 heavy (non-hydrogen) atoms. The summed E-state index contributed by atoms with van der Waals surface area (Å²) in [6, 6.07) is 42.0. The van der Waals surface area contributed by atoms with Gasteiger partial charge in [-0.05, 0) is 70.1 Å². The molecule has 6 aromatic rings. The summed E-state index contributed by atoms with van der Waals surface area (Å²) >= 11 is 0. The first-order valence-corrected chi connectivity index (χ1v) is 11.2. The van der Waals surface area contributed by atoms with Gasteiger partial charge in [0.1, 0.15) is 0 Å². The number of fused-ring (bicyclic) bond motifs is 6. The Kier molecular flexibility index (Phi) is 3.68. The number of hydrogen-bond acceptors (Lipinski definition) is 0. The lowest BCUT2D eigenvalue weighted by Crippen LogP contribution is -1.94. The molecular formula is C31H21N. The minimum Gasteiger partial charge on any atom is -0.309 e. The molecule has 1 heteroatoms. The van der Waals surface area contributed by atoms with E-state index in [2.05, 4.69) is 120 Å². The Morgan fingerprint density at radius 2 is 1.12 bits per heavy atom. The molecule has 0 amide bonds. The number of nitrogens with zero attached hydrogens (tertiary/aromatic N) is 1. The van der Waals surface area contributed by atoms with E-state index in [4.69, 9.17) is 0 Å². The lowest BCUT2D eigenvalue weighted by Gasteiger charge is -2.11. The lowest BCUT2D eigenvalue weighted by atomic mass is 9.98. The Morgan fingerprint density at radius 1 is 0.469 bits per heavy atom. The molecule has 5 aromatic carbocycles. The Bertz CT molecular complexity index is 1600. The highest BCUT2D eigenvalue weighted by Crippen LogP contribution is 2.39. The maximum atomic E-state index is 2.39. The third-order valence-corrected chi connectivity index (χ3v) is 6.82. The second kappa shape index (κ2) is 6.70. The summed E-state index contributed by atoms with van der Waals surface area (Å²) in [6.45, 7) is 0. The number of hydrogen-bond donors (Lipinski definition) is 0. The zero-order valence-corrected chi connectivity index (χ0v) is 17.6. The van der Waals surface area contributed by atoms with Gasteiger partial charge >= 0.3 is 0 Å². The van der Waals surface area contributed by atoms with Crippen LogP contribution < -0.4 is 0 Å². The van der Waals surface area contributed by atoms with Crippen LogP contribution in [0.15, 0.2) is 115 Å². The van der Waals surface area contributed by atoms with E-state index in [0.29, 0.717) is 0 Å². The molecule has 0 atom stereocenters. The Hall–Kier alpha value is -4.10. The Labute approximate surface area is 187 Å². The molecule has 150 valence electrons. The van der Waals surface area contributed by atoms with Crippen molar-refractivity contribution in [2.24, 2.45) is 0 Å². The molecule has 1 nitrogen and oxygen atoms in total. The molecule has 7 rings (SSSR count). The third kappa shape index (κ3) is 2.52. The van der Waals surface area contributed by atoms with Gasteiger partial charge in [-0.1, -0.05) is 84.9 Å². The van der Waals surface area contributed by atoms with Crippen LogP contribution in [0.4, 0.5) is 0 Å². The molecule has 1 aliphatic rings. The molecule has 0 radical (unpaired) electrons. The standard InChI is InChI=1S/C31H21N/c1-2-11-26-23(8-1)18-24-17-16-22(20-29(24)26)21-9-7-10-25(19-21)32-30-14-5-3-12-27(30)28-13-4-6-15-31(28)32/h1-17,19-20H,18H2. The van der Waals surface area contributed by atoms with E-state index in [1.807, 2.05) is 0 Å². The van der Waals surface area contributed by atoms with Crippen molar-refractivity contribution >= 4 is 21.8 Å². The van der Waals surface area contributed by atoms with Crippen LogP contribution in [-0.2, 0) is 6.42 Å². The second-order valence-corrected chi connectivity index (χ2v) is 8.63. The normalized spacial score (nSPS) is 12.2. The fourth-order valence-electron chi connectivity index (χ4n) is 5.33. The largest absolute Gasteiger partial charge is 0.309 e. The molecule has 0 saturated heterocycles. The van der Waals surface area contributed by atoms with Crippen LogP contribution in [0.25, 0.3) is 49.7 Å². The summed E-state index contributed by atoms with van der Waals surface area (Å²) in [5.74, 6) is 0. The fourth-order valence-corrected chi connectivity index (χ4v) is 5.33. The fraction of sp³-hybridized carbons (Fsp3) is 0.0323. The summed E-state index contributed by atoms with van der Waals surface area (Å²) in [5, 5.41) is 2.59. The van der Waals surface area contributed by atoms with Gasteiger partial charge < -0.3 is 4.57 Å². The zero-order valence-electron chi connectivity index (χ0n) is 17.6. The highest BCUT2D eigenvalue weighted by molar-refractivity contribution is 6.09. The van der Waals surface area contributed by atoms with Crippen molar-refractivity contribution in [1.82, 2.24) is 4.57 Å². The maximum absolute atomic E-state index is 2.39. The number of aromatic nitrogens is 1. The van der Waals surface area contributed by atoms with E-state index in [-0.39, 0.29) is 0 Å². The summed E-state index contributed by atoms with van der Waals surface area (Å²) in [4.78, 5) is 0. The van der Waals surface area contributed by atoms with Crippen molar-refractivity contribution < 1.29 is 0 Å². The molecular weight excluding hydrogens is 386 g/mol. The van der Waals surface area contributed by atoms with E-state index in [1.165, 1.54) is 60.9 Å². The van der Waals surface area contributed by atoms with E-state index in [1.54, 1.807) is 0 Å². The van der Waals surface area contributed by atoms with E-state index in [0.717, 1.165) is 6.42 Å². The molecule has 1 heterocycles. The first kappa shape index (κ1) is 17.6. The molecule has 0 fully saturated rings. The minimum atomic E-state index is 1.03. The molecule has 0 spiro atoms. The lowest BCUT2D eigenvalue weighted by molar-refractivity contribution is 1.18. The minimum absolute atomic E-state index is 1.03. The van der Waals surface area contributed by atoms with Gasteiger partial charge in [-0.2, -0.15) is 0 Å². The highest BCUT2D eigenvalue weighted by Gasteiger charge is 2.18. The van der Waals surface area contributed by atoms with Crippen molar-refractivity contribution in [2.45, 2.75) is 6.42 Å². The van der Waals surface area contributed by atoms with E-state index < -0.39 is 0 Å². The average Bonchev–Trinajstić information content (AvgIpc) is 3.39. The van der Waals surface area contributed by atoms with Crippen LogP contribution in [0, 0.1) is 0 Å². The van der Waals surface area contributed by atoms with Crippen molar-refractivity contribution in [2.75, 3.05) is 0 Å². The quantitative estimate of drug-likeness (QED) is 0.273. The van der Waals surface area contributed by atoms with Crippen LogP contribution >= 0.6 is 0 Å². The first-order valence-electron chi connectivity index (χ1n) is 11.2. The summed E-state index contributed by atoms with van der Waals surface area (Å²) in [6.07, 6.45) is 1.03. The number of rotatable bonds is 2. The van der Waals surface area contributed by atoms with Gasteiger partial charge in [0.15, 0.2) is 0 Å². The van der Waals surface area contributed by atoms with Crippen LogP contribution in [0.1, 0.15) is 11.1 Å². The van der Waals surface area contributed by atoms with Gasteiger partial charge in [0.05, 0.1) is 11.0 Å². The van der Waals surface area contributed by atoms with Crippen LogP contribution in [0.3, 0.4) is 0 Å². The van der Waals surface area contributed by atoms with Crippen LogP contribution in [0.2, 0.25) is 0 Å². The van der Waals surface area contributed by atoms with E-state index >= 15 is 0 Å². The molecule has 1 aromatic heterocycles. The molecule has 0 unspecified atom stereocenters. The molecule has 0 N–H and O–H groups in total. The van der Waals surface area contributed by atoms with Gasteiger partial charge in [-0.25, -0.2) is 0 Å². The SMILES string of the molecule is c1cc(-c2ccc3c(c2)-c2ccccc2C3)cc(-n2c3ccccc3c3ccccc32)c1. The highest BCUT2D eigenvalue weighted by atomic mass is 15.0. The van der Waals surface area contributed by atoms with Crippen molar-refractivity contribution in [1.29, 1.82) is 0 Å². The van der Waals surface area contributed by atoms with E-state index in [9.17, 15) is 0 Å². The smallest absolute Gasteiger partial charge is 0.0541 e. The topological polar surface area (TPSA) is 4.93 Å². The Morgan fingerprint density at radius 3 is 1.94 bits per heavy atom. The van der Waals surface area contributed by atoms with Gasteiger partial charge in [0.2, 0.25) is 0 Å². The summed E-state index contributed by atoms with van der Waals surface area (Å²) in [5.41, 5.74) is 11.8. The second-order valence-electron chi connectivity index (χ2n) is 8.63. The van der Waals surface area contributed by atoms with Gasteiger partial charge in [0.25, 0.3) is 0 Å². The third-order valence-electron chi connectivity index (χ3n) is 6.82. The molecule has 0 aliphatic heterocycles. The van der Waals surface area contributed by atoms with Gasteiger partial charge in [0, 0.05) is 16.5 Å². The average molecular weight is 408 g/mol. The van der Waals surface area contributed by atoms with Crippen molar-refractivity contribution in [3.63, 3.8) is 0 Å². The van der Waals surface area contributed by atoms with Crippen LogP contribution in [0.5, 0.6) is 0 Å². The zero-order chi connectivity index (χ0) is 21.1. The molecule has 0 saturated carbocycles. The monoisotopic (exact) mass is 407 g/mol. The van der Waals surface area contributed by atoms with Gasteiger partial charge in [-0.3, -0.25) is 0 Å². The van der Waals surface area contributed by atoms with Crippen molar-refractivity contribution in [3.8, 4) is 27.9 Å². The Balaban J connectivity index is 1.42. The predicted molar refractivity (Wildman–Crippen MR) is 134 cm³/mol.